The largest absolute Gasteiger partial charge is 0.275 e. The second-order valence-electron chi connectivity index (χ2n) is 5.71. The van der Waals surface area contributed by atoms with Gasteiger partial charge in [0.2, 0.25) is 0 Å². The van der Waals surface area contributed by atoms with E-state index in [0.29, 0.717) is 5.69 Å². The number of rotatable bonds is 3. The Morgan fingerprint density at radius 1 is 1.38 bits per heavy atom. The van der Waals surface area contributed by atoms with Gasteiger partial charge < -0.3 is 0 Å². The fourth-order valence-electron chi connectivity index (χ4n) is 1.85. The molecule has 2 aromatic heterocycles. The summed E-state index contributed by atoms with van der Waals surface area (Å²) in [5, 5.41) is 7.38. The summed E-state index contributed by atoms with van der Waals surface area (Å²) >= 11 is 1.25. The van der Waals surface area contributed by atoms with Crippen LogP contribution in [-0.4, -0.2) is 24.1 Å². The van der Waals surface area contributed by atoms with Crippen LogP contribution in [0.15, 0.2) is 27.9 Å². The van der Waals surface area contributed by atoms with Gasteiger partial charge in [0.15, 0.2) is 0 Å². The molecule has 0 aliphatic heterocycles. The van der Waals surface area contributed by atoms with Crippen LogP contribution in [-0.2, 0) is 22.5 Å². The first kappa shape index (κ1) is 15.7. The zero-order chi connectivity index (χ0) is 15.8. The minimum absolute atomic E-state index is 0.0852. The van der Waals surface area contributed by atoms with Crippen LogP contribution in [0.2, 0.25) is 0 Å². The SMILES string of the molecule is Cn1cc(C(=O)NS(=O)(=O)c2ccsc2)c(C(C)(C)C)n1. The molecule has 8 heteroatoms. The highest BCUT2D eigenvalue weighted by atomic mass is 32.2. The Balaban J connectivity index is 2.34. The second-order valence-corrected chi connectivity index (χ2v) is 8.17. The minimum atomic E-state index is -3.84. The van der Waals surface area contributed by atoms with Gasteiger partial charge in [-0.3, -0.25) is 9.48 Å². The van der Waals surface area contributed by atoms with Crippen molar-refractivity contribution in [1.82, 2.24) is 14.5 Å². The van der Waals surface area contributed by atoms with E-state index < -0.39 is 15.9 Å². The molecular formula is C13H17N3O3S2. The molecule has 2 rings (SSSR count). The molecule has 2 heterocycles. The molecular weight excluding hydrogens is 310 g/mol. The minimum Gasteiger partial charge on any atom is -0.275 e. The monoisotopic (exact) mass is 327 g/mol. The summed E-state index contributed by atoms with van der Waals surface area (Å²) in [6.07, 6.45) is 1.53. The molecule has 0 saturated heterocycles. The zero-order valence-electron chi connectivity index (χ0n) is 12.2. The Hall–Kier alpha value is -1.67. The summed E-state index contributed by atoms with van der Waals surface area (Å²) in [5.74, 6) is -0.667. The first-order valence-corrected chi connectivity index (χ1v) is 8.67. The number of carbonyl (C=O) groups is 1. The van der Waals surface area contributed by atoms with Gasteiger partial charge in [-0.2, -0.15) is 16.4 Å². The normalized spacial score (nSPS) is 12.4. The average molecular weight is 327 g/mol. The molecule has 0 radical (unpaired) electrons. The van der Waals surface area contributed by atoms with Crippen molar-refractivity contribution in [2.24, 2.45) is 7.05 Å². The number of nitrogens with zero attached hydrogens (tertiary/aromatic N) is 2. The Kier molecular flexibility index (Phi) is 3.94. The molecule has 0 saturated carbocycles. The average Bonchev–Trinajstić information content (AvgIpc) is 2.95. The number of aryl methyl sites for hydroxylation is 1. The molecule has 0 aliphatic carbocycles. The van der Waals surface area contributed by atoms with Gasteiger partial charge in [0.25, 0.3) is 15.9 Å². The molecule has 0 aliphatic rings. The van der Waals surface area contributed by atoms with Crippen LogP contribution in [0.25, 0.3) is 0 Å². The van der Waals surface area contributed by atoms with Gasteiger partial charge >= 0.3 is 0 Å². The van der Waals surface area contributed by atoms with E-state index in [1.807, 2.05) is 20.8 Å². The van der Waals surface area contributed by atoms with Crippen molar-refractivity contribution < 1.29 is 13.2 Å². The first-order valence-electron chi connectivity index (χ1n) is 6.25. The van der Waals surface area contributed by atoms with E-state index in [1.165, 1.54) is 33.7 Å². The predicted molar refractivity (Wildman–Crippen MR) is 80.9 cm³/mol. The third-order valence-electron chi connectivity index (χ3n) is 2.82. The van der Waals surface area contributed by atoms with E-state index in [2.05, 4.69) is 9.82 Å². The molecule has 2 aromatic rings. The summed E-state index contributed by atoms with van der Waals surface area (Å²) in [6, 6.07) is 1.45. The van der Waals surface area contributed by atoms with Crippen molar-refractivity contribution in [2.75, 3.05) is 0 Å². The lowest BCUT2D eigenvalue weighted by atomic mass is 9.89. The smallest absolute Gasteiger partial charge is 0.268 e. The van der Waals surface area contributed by atoms with Crippen LogP contribution < -0.4 is 4.72 Å². The topological polar surface area (TPSA) is 81.1 Å². The maximum absolute atomic E-state index is 12.3. The molecule has 6 nitrogen and oxygen atoms in total. The zero-order valence-corrected chi connectivity index (χ0v) is 13.9. The van der Waals surface area contributed by atoms with Crippen molar-refractivity contribution in [3.05, 3.63) is 34.3 Å². The highest BCUT2D eigenvalue weighted by Gasteiger charge is 2.28. The quantitative estimate of drug-likeness (QED) is 0.933. The lowest BCUT2D eigenvalue weighted by Crippen LogP contribution is -2.32. The first-order chi connectivity index (χ1) is 9.61. The van der Waals surface area contributed by atoms with Crippen molar-refractivity contribution in [1.29, 1.82) is 0 Å². The van der Waals surface area contributed by atoms with Gasteiger partial charge in [-0.25, -0.2) is 13.1 Å². The number of hydrogen-bond acceptors (Lipinski definition) is 5. The Morgan fingerprint density at radius 3 is 2.57 bits per heavy atom. The summed E-state index contributed by atoms with van der Waals surface area (Å²) in [7, 11) is -2.15. The number of aromatic nitrogens is 2. The van der Waals surface area contributed by atoms with Crippen LogP contribution in [0.1, 0.15) is 36.8 Å². The molecule has 1 N–H and O–H groups in total. The molecule has 0 atom stereocenters. The van der Waals surface area contributed by atoms with Gasteiger partial charge in [-0.15, -0.1) is 0 Å². The molecule has 0 bridgehead atoms. The van der Waals surface area contributed by atoms with E-state index >= 15 is 0 Å². The lowest BCUT2D eigenvalue weighted by Gasteiger charge is -2.17. The second kappa shape index (κ2) is 5.27. The predicted octanol–water partition coefficient (Wildman–Crippen LogP) is 1.90. The van der Waals surface area contributed by atoms with E-state index in [4.69, 9.17) is 0 Å². The summed E-state index contributed by atoms with van der Waals surface area (Å²) in [6.45, 7) is 5.75. The van der Waals surface area contributed by atoms with Crippen molar-refractivity contribution >= 4 is 27.3 Å². The number of hydrogen-bond donors (Lipinski definition) is 1. The third kappa shape index (κ3) is 3.33. The molecule has 0 spiro atoms. The molecule has 0 unspecified atom stereocenters. The Bertz CT molecular complexity index is 753. The Labute approximate surface area is 127 Å². The highest BCUT2D eigenvalue weighted by Crippen LogP contribution is 2.24. The molecule has 114 valence electrons. The van der Waals surface area contributed by atoms with Gasteiger partial charge in [0.05, 0.1) is 16.2 Å². The molecule has 1 amide bonds. The number of carbonyl (C=O) groups excluding carboxylic acids is 1. The van der Waals surface area contributed by atoms with Crippen molar-refractivity contribution in [3.8, 4) is 0 Å². The summed E-state index contributed by atoms with van der Waals surface area (Å²) in [5.41, 5.74) is 0.465. The fourth-order valence-corrected chi connectivity index (χ4v) is 3.84. The third-order valence-corrected chi connectivity index (χ3v) is 4.98. The Morgan fingerprint density at radius 2 is 2.05 bits per heavy atom. The number of amides is 1. The standard InChI is InChI=1S/C13H17N3O3S2/c1-13(2,3)11-10(7-16(4)14-11)12(17)15-21(18,19)9-5-6-20-8-9/h5-8H,1-4H3,(H,15,17). The van der Waals surface area contributed by atoms with Crippen LogP contribution in [0.5, 0.6) is 0 Å². The number of sulfonamides is 1. The van der Waals surface area contributed by atoms with E-state index in [-0.39, 0.29) is 15.9 Å². The summed E-state index contributed by atoms with van der Waals surface area (Å²) < 4.78 is 27.8. The van der Waals surface area contributed by atoms with Crippen molar-refractivity contribution in [3.63, 3.8) is 0 Å². The molecule has 0 fully saturated rings. The van der Waals surface area contributed by atoms with Crippen LogP contribution in [0.3, 0.4) is 0 Å². The number of thiophene rings is 1. The van der Waals surface area contributed by atoms with E-state index in [0.717, 1.165) is 0 Å². The van der Waals surface area contributed by atoms with Gasteiger partial charge in [-0.05, 0) is 11.4 Å². The van der Waals surface area contributed by atoms with Gasteiger partial charge in [-0.1, -0.05) is 20.8 Å². The van der Waals surface area contributed by atoms with Crippen LogP contribution in [0, 0.1) is 0 Å². The van der Waals surface area contributed by atoms with Crippen LogP contribution >= 0.6 is 11.3 Å². The maximum Gasteiger partial charge on any atom is 0.268 e. The van der Waals surface area contributed by atoms with E-state index in [9.17, 15) is 13.2 Å². The molecule has 0 aromatic carbocycles. The fraction of sp³-hybridized carbons (Fsp3) is 0.385. The molecule has 21 heavy (non-hydrogen) atoms. The van der Waals surface area contributed by atoms with Gasteiger partial charge in [0.1, 0.15) is 0 Å². The summed E-state index contributed by atoms with van der Waals surface area (Å²) in [4.78, 5) is 12.4. The maximum atomic E-state index is 12.3. The van der Waals surface area contributed by atoms with Crippen LogP contribution in [0.4, 0.5) is 0 Å². The highest BCUT2D eigenvalue weighted by molar-refractivity contribution is 7.90. The number of nitrogens with one attached hydrogen (secondary N) is 1. The lowest BCUT2D eigenvalue weighted by molar-refractivity contribution is 0.0979. The van der Waals surface area contributed by atoms with E-state index in [1.54, 1.807) is 12.4 Å². The van der Waals surface area contributed by atoms with Gasteiger partial charge in [0, 0.05) is 24.0 Å². The van der Waals surface area contributed by atoms with Crippen molar-refractivity contribution in [2.45, 2.75) is 31.1 Å².